The first kappa shape index (κ1) is 20.4. The van der Waals surface area contributed by atoms with Crippen LogP contribution in [0.4, 0.5) is 17.1 Å². The maximum absolute atomic E-state index is 12.2. The summed E-state index contributed by atoms with van der Waals surface area (Å²) in [7, 11) is 0. The van der Waals surface area contributed by atoms with Gasteiger partial charge >= 0.3 is 0 Å². The molecule has 0 atom stereocenters. The van der Waals surface area contributed by atoms with Gasteiger partial charge in [-0.1, -0.05) is 48.5 Å². The molecule has 0 bridgehead atoms. The van der Waals surface area contributed by atoms with E-state index in [2.05, 4.69) is 51.5 Å². The Labute approximate surface area is 195 Å². The Hall–Kier alpha value is -4.47. The van der Waals surface area contributed by atoms with Crippen LogP contribution in [0.25, 0.3) is 20.9 Å². The van der Waals surface area contributed by atoms with Crippen molar-refractivity contribution in [1.29, 1.82) is 0 Å². The van der Waals surface area contributed by atoms with Crippen LogP contribution in [0.15, 0.2) is 103 Å². The minimum absolute atomic E-state index is 0.148. The highest BCUT2D eigenvalue weighted by Gasteiger charge is 2.32. The van der Waals surface area contributed by atoms with Crippen LogP contribution in [0, 0.1) is 6.57 Å². The summed E-state index contributed by atoms with van der Waals surface area (Å²) >= 11 is 1.39. The zero-order chi connectivity index (χ0) is 22.8. The van der Waals surface area contributed by atoms with Gasteiger partial charge in [0.15, 0.2) is 0 Å². The van der Waals surface area contributed by atoms with Crippen molar-refractivity contribution in [1.82, 2.24) is 5.32 Å². The number of amides is 2. The third-order valence-corrected chi connectivity index (χ3v) is 6.46. The summed E-state index contributed by atoms with van der Waals surface area (Å²) in [6.07, 6.45) is 0. The van der Waals surface area contributed by atoms with Crippen LogP contribution >= 0.6 is 11.3 Å². The summed E-state index contributed by atoms with van der Waals surface area (Å²) in [6, 6.07) is 32.2. The lowest BCUT2D eigenvalue weighted by molar-refractivity contribution is -0.123. The third-order valence-electron chi connectivity index (χ3n) is 5.31. The van der Waals surface area contributed by atoms with E-state index < -0.39 is 11.8 Å². The van der Waals surface area contributed by atoms with Gasteiger partial charge in [0.1, 0.15) is 0 Å². The van der Waals surface area contributed by atoms with Crippen molar-refractivity contribution in [3.8, 4) is 10.4 Å². The fourth-order valence-corrected chi connectivity index (χ4v) is 4.84. The Morgan fingerprint density at radius 2 is 1.21 bits per heavy atom. The number of rotatable bonds is 5. The summed E-state index contributed by atoms with van der Waals surface area (Å²) in [5.41, 5.74) is 4.14. The minimum atomic E-state index is -0.633. The molecule has 2 amide bonds. The molecule has 158 valence electrons. The van der Waals surface area contributed by atoms with Crippen LogP contribution in [0.5, 0.6) is 0 Å². The maximum atomic E-state index is 12.2. The van der Waals surface area contributed by atoms with Gasteiger partial charge in [-0.15, -0.1) is 11.3 Å². The van der Waals surface area contributed by atoms with Crippen molar-refractivity contribution < 1.29 is 9.59 Å². The average Bonchev–Trinajstić information content (AvgIpc) is 3.44. The molecular weight excluding hydrogens is 430 g/mol. The van der Waals surface area contributed by atoms with E-state index in [-0.39, 0.29) is 11.3 Å². The van der Waals surface area contributed by atoms with Gasteiger partial charge in [0.05, 0.1) is 12.1 Å². The van der Waals surface area contributed by atoms with Gasteiger partial charge < -0.3 is 4.90 Å². The van der Waals surface area contributed by atoms with Gasteiger partial charge in [0, 0.05) is 26.8 Å². The zero-order valence-electron chi connectivity index (χ0n) is 17.4. The number of carbonyl (C=O) groups excluding carboxylic acids is 2. The lowest BCUT2D eigenvalue weighted by atomic mass is 10.1. The number of hydrogen-bond acceptors (Lipinski definition) is 4. The monoisotopic (exact) mass is 447 g/mol. The molecule has 0 aliphatic carbocycles. The first-order valence-electron chi connectivity index (χ1n) is 10.2. The molecule has 6 heteroatoms. The zero-order valence-corrected chi connectivity index (χ0v) is 18.2. The molecule has 1 aliphatic rings. The topological polar surface area (TPSA) is 53.8 Å². The fraction of sp³-hybridized carbons (Fsp3) is 0. The normalized spacial score (nSPS) is 13.1. The van der Waals surface area contributed by atoms with E-state index in [4.69, 9.17) is 6.57 Å². The Bertz CT molecular complexity index is 1380. The highest BCUT2D eigenvalue weighted by molar-refractivity contribution is 7.17. The molecule has 0 spiro atoms. The molecular formula is C27H17N3O2S. The van der Waals surface area contributed by atoms with Crippen LogP contribution in [-0.2, 0) is 9.59 Å². The van der Waals surface area contributed by atoms with Gasteiger partial charge in [-0.2, -0.15) is 0 Å². The van der Waals surface area contributed by atoms with E-state index in [1.165, 1.54) is 11.3 Å². The van der Waals surface area contributed by atoms with Gasteiger partial charge in [0.2, 0.25) is 5.91 Å². The molecule has 3 aromatic carbocycles. The number of hydrogen-bond donors (Lipinski definition) is 1. The Kier molecular flexibility index (Phi) is 5.31. The molecule has 5 nitrogen and oxygen atoms in total. The average molecular weight is 448 g/mol. The second kappa shape index (κ2) is 8.58. The van der Waals surface area contributed by atoms with Crippen LogP contribution < -0.4 is 10.2 Å². The van der Waals surface area contributed by atoms with Crippen molar-refractivity contribution in [3.63, 3.8) is 0 Å². The Balaban J connectivity index is 1.49. The fourth-order valence-electron chi connectivity index (χ4n) is 3.78. The number of imide groups is 1. The van der Waals surface area contributed by atoms with Crippen molar-refractivity contribution in [3.05, 3.63) is 119 Å². The number of nitrogens with zero attached hydrogens (tertiary/aromatic N) is 2. The third kappa shape index (κ3) is 3.82. The second-order valence-corrected chi connectivity index (χ2v) is 8.42. The van der Waals surface area contributed by atoms with Gasteiger partial charge in [-0.05, 0) is 54.1 Å². The summed E-state index contributed by atoms with van der Waals surface area (Å²) < 4.78 is 0. The van der Waals surface area contributed by atoms with Crippen molar-refractivity contribution in [2.24, 2.45) is 0 Å². The van der Waals surface area contributed by atoms with E-state index in [0.717, 1.165) is 27.5 Å². The predicted molar refractivity (Wildman–Crippen MR) is 131 cm³/mol. The SMILES string of the molecule is [C-]#[N+]C1=C(c2ccc(-c3ccc(N(c4ccccc4)c4ccccc4)cc3)s2)C(=O)NC1=O. The van der Waals surface area contributed by atoms with Crippen LogP contribution in [0.2, 0.25) is 0 Å². The number of benzene rings is 3. The molecule has 5 rings (SSSR count). The molecule has 2 heterocycles. The highest BCUT2D eigenvalue weighted by Crippen LogP contribution is 2.38. The van der Waals surface area contributed by atoms with Crippen LogP contribution in [0.1, 0.15) is 4.88 Å². The summed E-state index contributed by atoms with van der Waals surface area (Å²) in [4.78, 5) is 31.0. The Morgan fingerprint density at radius 3 is 1.79 bits per heavy atom. The molecule has 0 unspecified atom stereocenters. The van der Waals surface area contributed by atoms with Gasteiger partial charge in [-0.25, -0.2) is 4.85 Å². The standard InChI is InChI=1S/C27H17N3O2S/c1-28-25-24(26(31)29-27(25)32)23-17-16-22(33-23)18-12-14-21(15-13-18)30(19-8-4-2-5-9-19)20-10-6-3-7-11-20/h2-17H,(H,29,31,32). The molecule has 1 aliphatic heterocycles. The largest absolute Gasteiger partial charge is 0.311 e. The van der Waals surface area contributed by atoms with E-state index in [1.54, 1.807) is 6.07 Å². The number of anilines is 3. The van der Waals surface area contributed by atoms with E-state index in [1.807, 2.05) is 54.6 Å². The van der Waals surface area contributed by atoms with Crippen molar-refractivity contribution in [2.45, 2.75) is 0 Å². The quantitative estimate of drug-likeness (QED) is 0.294. The smallest absolute Gasteiger partial charge is 0.264 e. The summed E-state index contributed by atoms with van der Waals surface area (Å²) in [6.45, 7) is 7.23. The molecule has 4 aromatic rings. The molecule has 1 aromatic heterocycles. The van der Waals surface area contributed by atoms with E-state index in [9.17, 15) is 9.59 Å². The van der Waals surface area contributed by atoms with Crippen molar-refractivity contribution >= 4 is 45.8 Å². The molecule has 0 radical (unpaired) electrons. The summed E-state index contributed by atoms with van der Waals surface area (Å²) in [5.74, 6) is -1.15. The second-order valence-electron chi connectivity index (χ2n) is 7.34. The number of carbonyl (C=O) groups is 2. The molecule has 0 fully saturated rings. The lowest BCUT2D eigenvalue weighted by Gasteiger charge is -2.25. The first-order valence-corrected chi connectivity index (χ1v) is 11.1. The number of nitrogens with one attached hydrogen (secondary N) is 1. The maximum Gasteiger partial charge on any atom is 0.264 e. The van der Waals surface area contributed by atoms with Gasteiger partial charge in [0.25, 0.3) is 11.6 Å². The highest BCUT2D eigenvalue weighted by atomic mass is 32.1. The van der Waals surface area contributed by atoms with Crippen molar-refractivity contribution in [2.75, 3.05) is 4.90 Å². The first-order chi connectivity index (χ1) is 16.2. The van der Waals surface area contributed by atoms with E-state index in [0.29, 0.717) is 4.88 Å². The summed E-state index contributed by atoms with van der Waals surface area (Å²) in [5, 5.41) is 2.20. The Morgan fingerprint density at radius 1 is 0.667 bits per heavy atom. The molecule has 0 saturated carbocycles. The van der Waals surface area contributed by atoms with Crippen LogP contribution in [0.3, 0.4) is 0 Å². The predicted octanol–water partition coefficient (Wildman–Crippen LogP) is 6.17. The minimum Gasteiger partial charge on any atom is -0.311 e. The lowest BCUT2D eigenvalue weighted by Crippen LogP contribution is -2.22. The van der Waals surface area contributed by atoms with Gasteiger partial charge in [-0.3, -0.25) is 14.9 Å². The molecule has 33 heavy (non-hydrogen) atoms. The van der Waals surface area contributed by atoms with E-state index >= 15 is 0 Å². The molecule has 1 N–H and O–H groups in total. The van der Waals surface area contributed by atoms with Crippen LogP contribution in [-0.4, -0.2) is 11.8 Å². The number of thiophene rings is 1. The number of para-hydroxylation sites is 2. The molecule has 0 saturated heterocycles.